The Bertz CT molecular complexity index is 506. The SMILES string of the molecule is N#Cc1cnc(N2CCN(C(=O)O)CC2)c(Cl)c1. The normalized spacial score (nSPS) is 15.3. The molecule has 18 heavy (non-hydrogen) atoms. The van der Waals surface area contributed by atoms with Crippen LogP contribution in [0.5, 0.6) is 0 Å². The molecule has 1 amide bonds. The Morgan fingerprint density at radius 1 is 1.44 bits per heavy atom. The van der Waals surface area contributed by atoms with E-state index >= 15 is 0 Å². The number of pyridine rings is 1. The fourth-order valence-corrected chi connectivity index (χ4v) is 2.12. The molecule has 94 valence electrons. The predicted molar refractivity (Wildman–Crippen MR) is 65.8 cm³/mol. The van der Waals surface area contributed by atoms with Crippen molar-refractivity contribution in [3.05, 3.63) is 22.8 Å². The van der Waals surface area contributed by atoms with Gasteiger partial charge in [-0.3, -0.25) is 0 Å². The molecule has 0 aliphatic carbocycles. The summed E-state index contributed by atoms with van der Waals surface area (Å²) < 4.78 is 0. The Kier molecular flexibility index (Phi) is 3.53. The molecule has 2 heterocycles. The van der Waals surface area contributed by atoms with Gasteiger partial charge in [-0.05, 0) is 6.07 Å². The first-order chi connectivity index (χ1) is 8.61. The van der Waals surface area contributed by atoms with E-state index in [0.717, 1.165) is 0 Å². The highest BCUT2D eigenvalue weighted by atomic mass is 35.5. The summed E-state index contributed by atoms with van der Waals surface area (Å²) in [6, 6.07) is 3.53. The van der Waals surface area contributed by atoms with Crippen molar-refractivity contribution in [3.8, 4) is 6.07 Å². The molecule has 1 fully saturated rings. The fourth-order valence-electron chi connectivity index (χ4n) is 1.83. The lowest BCUT2D eigenvalue weighted by Gasteiger charge is -2.34. The van der Waals surface area contributed by atoms with Crippen LogP contribution in [-0.2, 0) is 0 Å². The predicted octanol–water partition coefficient (Wildman–Crippen LogP) is 1.41. The summed E-state index contributed by atoms with van der Waals surface area (Å²) in [7, 11) is 0. The summed E-state index contributed by atoms with van der Waals surface area (Å²) in [6.45, 7) is 1.94. The van der Waals surface area contributed by atoms with E-state index in [2.05, 4.69) is 4.98 Å². The van der Waals surface area contributed by atoms with Gasteiger partial charge >= 0.3 is 6.09 Å². The zero-order valence-electron chi connectivity index (χ0n) is 9.51. The van der Waals surface area contributed by atoms with E-state index in [-0.39, 0.29) is 0 Å². The quantitative estimate of drug-likeness (QED) is 0.831. The highest BCUT2D eigenvalue weighted by Gasteiger charge is 2.22. The van der Waals surface area contributed by atoms with E-state index in [0.29, 0.717) is 42.6 Å². The summed E-state index contributed by atoms with van der Waals surface area (Å²) in [5.74, 6) is 0.598. The minimum absolute atomic E-state index is 0.410. The molecule has 1 saturated heterocycles. The smallest absolute Gasteiger partial charge is 0.407 e. The Morgan fingerprint density at radius 3 is 2.61 bits per heavy atom. The topological polar surface area (TPSA) is 80.5 Å². The van der Waals surface area contributed by atoms with Crippen molar-refractivity contribution in [2.24, 2.45) is 0 Å². The van der Waals surface area contributed by atoms with Crippen LogP contribution in [0.3, 0.4) is 0 Å². The van der Waals surface area contributed by atoms with Gasteiger partial charge < -0.3 is 14.9 Å². The van der Waals surface area contributed by atoms with Crippen LogP contribution in [0.15, 0.2) is 12.3 Å². The summed E-state index contributed by atoms with van der Waals surface area (Å²) in [5, 5.41) is 18.0. The molecule has 2 rings (SSSR count). The number of rotatable bonds is 1. The second-order valence-corrected chi connectivity index (χ2v) is 4.31. The molecule has 0 unspecified atom stereocenters. The van der Waals surface area contributed by atoms with Gasteiger partial charge in [-0.2, -0.15) is 5.26 Å². The molecule has 0 saturated carbocycles. The molecule has 6 nitrogen and oxygen atoms in total. The molecular weight excluding hydrogens is 256 g/mol. The van der Waals surface area contributed by atoms with Gasteiger partial charge in [0.25, 0.3) is 0 Å². The lowest BCUT2D eigenvalue weighted by molar-refractivity contribution is 0.142. The van der Waals surface area contributed by atoms with Gasteiger partial charge in [0.15, 0.2) is 0 Å². The molecule has 1 N–H and O–H groups in total. The number of carbonyl (C=O) groups is 1. The second-order valence-electron chi connectivity index (χ2n) is 3.90. The Balaban J connectivity index is 2.10. The molecule has 1 aliphatic rings. The van der Waals surface area contributed by atoms with Crippen molar-refractivity contribution >= 4 is 23.5 Å². The third kappa shape index (κ3) is 2.46. The highest BCUT2D eigenvalue weighted by Crippen LogP contribution is 2.24. The number of piperazine rings is 1. The summed E-state index contributed by atoms with van der Waals surface area (Å²) in [4.78, 5) is 18.2. The number of hydrogen-bond acceptors (Lipinski definition) is 4. The van der Waals surface area contributed by atoms with Crippen LogP contribution in [0, 0.1) is 11.3 Å². The number of hydrogen-bond donors (Lipinski definition) is 1. The van der Waals surface area contributed by atoms with Gasteiger partial charge in [0.1, 0.15) is 11.9 Å². The molecule has 0 radical (unpaired) electrons. The lowest BCUT2D eigenvalue weighted by Crippen LogP contribution is -2.48. The average Bonchev–Trinajstić information content (AvgIpc) is 2.38. The maximum absolute atomic E-state index is 10.8. The van der Waals surface area contributed by atoms with Crippen LogP contribution in [0.1, 0.15) is 5.56 Å². The first-order valence-electron chi connectivity index (χ1n) is 5.40. The maximum atomic E-state index is 10.8. The number of carboxylic acid groups (broad SMARTS) is 1. The van der Waals surface area contributed by atoms with Gasteiger partial charge in [0, 0.05) is 32.4 Å². The van der Waals surface area contributed by atoms with Gasteiger partial charge in [0.05, 0.1) is 10.6 Å². The van der Waals surface area contributed by atoms with E-state index in [9.17, 15) is 4.79 Å². The molecule has 1 aromatic heterocycles. The first-order valence-corrected chi connectivity index (χ1v) is 5.78. The van der Waals surface area contributed by atoms with Gasteiger partial charge in [0.2, 0.25) is 0 Å². The third-order valence-electron chi connectivity index (χ3n) is 2.80. The zero-order chi connectivity index (χ0) is 13.1. The number of amides is 1. The van der Waals surface area contributed by atoms with Crippen molar-refractivity contribution in [3.63, 3.8) is 0 Å². The van der Waals surface area contributed by atoms with E-state index < -0.39 is 6.09 Å². The van der Waals surface area contributed by atoms with Gasteiger partial charge in [-0.15, -0.1) is 0 Å². The average molecular weight is 267 g/mol. The molecule has 7 heteroatoms. The van der Waals surface area contributed by atoms with E-state index in [1.165, 1.54) is 11.1 Å². The van der Waals surface area contributed by atoms with Crippen LogP contribution in [-0.4, -0.2) is 47.3 Å². The minimum Gasteiger partial charge on any atom is -0.465 e. The number of nitrogens with zero attached hydrogens (tertiary/aromatic N) is 4. The maximum Gasteiger partial charge on any atom is 0.407 e. The molecule has 1 aliphatic heterocycles. The van der Waals surface area contributed by atoms with E-state index in [1.54, 1.807) is 6.07 Å². The number of halogens is 1. The summed E-state index contributed by atoms with van der Waals surface area (Å²) >= 11 is 6.06. The van der Waals surface area contributed by atoms with Crippen molar-refractivity contribution < 1.29 is 9.90 Å². The number of aromatic nitrogens is 1. The molecular formula is C11H11ClN4O2. The summed E-state index contributed by atoms with van der Waals surface area (Å²) in [5.41, 5.74) is 0.410. The highest BCUT2D eigenvalue weighted by molar-refractivity contribution is 6.33. The fraction of sp³-hybridized carbons (Fsp3) is 0.364. The van der Waals surface area contributed by atoms with Crippen LogP contribution in [0.4, 0.5) is 10.6 Å². The molecule has 0 spiro atoms. The lowest BCUT2D eigenvalue weighted by atomic mass is 10.2. The Hall–Kier alpha value is -2.00. The number of nitriles is 1. The third-order valence-corrected chi connectivity index (χ3v) is 3.08. The standard InChI is InChI=1S/C11H11ClN4O2/c12-9-5-8(6-13)7-14-10(9)15-1-3-16(4-2-15)11(17)18/h5,7H,1-4H2,(H,17,18). The van der Waals surface area contributed by atoms with Crippen molar-refractivity contribution in [1.82, 2.24) is 9.88 Å². The molecule has 1 aromatic rings. The van der Waals surface area contributed by atoms with Crippen molar-refractivity contribution in [1.29, 1.82) is 5.26 Å². The first kappa shape index (κ1) is 12.5. The Morgan fingerprint density at radius 2 is 2.11 bits per heavy atom. The van der Waals surface area contributed by atoms with Gasteiger partial charge in [-0.25, -0.2) is 9.78 Å². The van der Waals surface area contributed by atoms with Crippen molar-refractivity contribution in [2.45, 2.75) is 0 Å². The van der Waals surface area contributed by atoms with E-state index in [4.69, 9.17) is 22.0 Å². The largest absolute Gasteiger partial charge is 0.465 e. The molecule has 0 aromatic carbocycles. The van der Waals surface area contributed by atoms with Crippen LogP contribution in [0.25, 0.3) is 0 Å². The Labute approximate surface area is 109 Å². The van der Waals surface area contributed by atoms with Crippen LogP contribution < -0.4 is 4.90 Å². The van der Waals surface area contributed by atoms with Crippen LogP contribution >= 0.6 is 11.6 Å². The molecule has 0 bridgehead atoms. The monoisotopic (exact) mass is 266 g/mol. The van der Waals surface area contributed by atoms with E-state index in [1.807, 2.05) is 11.0 Å². The summed E-state index contributed by atoms with van der Waals surface area (Å²) in [6.07, 6.45) is 0.554. The van der Waals surface area contributed by atoms with Crippen LogP contribution in [0.2, 0.25) is 5.02 Å². The zero-order valence-corrected chi connectivity index (χ0v) is 10.3. The second kappa shape index (κ2) is 5.10. The molecule has 0 atom stereocenters. The van der Waals surface area contributed by atoms with Gasteiger partial charge in [-0.1, -0.05) is 11.6 Å². The minimum atomic E-state index is -0.909. The number of anilines is 1. The van der Waals surface area contributed by atoms with Crippen molar-refractivity contribution in [2.75, 3.05) is 31.1 Å².